The van der Waals surface area contributed by atoms with Crippen LogP contribution < -0.4 is 5.73 Å². The van der Waals surface area contributed by atoms with Crippen molar-refractivity contribution < 1.29 is 9.59 Å². The number of hydrogen-bond acceptors (Lipinski definition) is 3. The van der Waals surface area contributed by atoms with Crippen LogP contribution in [-0.4, -0.2) is 23.3 Å². The Hall–Kier alpha value is -1.84. The smallest absolute Gasteiger partial charge is 0.237 e. The van der Waals surface area contributed by atoms with Gasteiger partial charge in [-0.15, -0.1) is 0 Å². The minimum absolute atomic E-state index is 0.0599. The van der Waals surface area contributed by atoms with E-state index in [-0.39, 0.29) is 24.2 Å². The summed E-state index contributed by atoms with van der Waals surface area (Å²) in [6.45, 7) is 2.59. The molecule has 0 aliphatic carbocycles. The highest BCUT2D eigenvalue weighted by molar-refractivity contribution is 6.06. The van der Waals surface area contributed by atoms with E-state index in [9.17, 15) is 9.59 Å². The fraction of sp³-hybridized carbons (Fsp3) is 0.429. The fourth-order valence-electron chi connectivity index (χ4n) is 2.22. The molecule has 96 valence electrons. The summed E-state index contributed by atoms with van der Waals surface area (Å²) in [4.78, 5) is 25.4. The Balaban J connectivity index is 2.14. The normalized spacial score (nSPS) is 19.6. The number of nitrogen functional groups attached to an aromatic ring is 1. The molecule has 4 nitrogen and oxygen atoms in total. The van der Waals surface area contributed by atoms with Gasteiger partial charge in [-0.3, -0.25) is 14.5 Å². The van der Waals surface area contributed by atoms with E-state index in [2.05, 4.69) is 0 Å². The summed E-state index contributed by atoms with van der Waals surface area (Å²) in [7, 11) is 0. The molecule has 0 aromatic heterocycles. The van der Waals surface area contributed by atoms with Crippen LogP contribution in [0.4, 0.5) is 5.69 Å². The second-order valence-corrected chi connectivity index (χ2v) is 4.66. The van der Waals surface area contributed by atoms with E-state index in [0.717, 1.165) is 18.4 Å². The summed E-state index contributed by atoms with van der Waals surface area (Å²) in [6.07, 6.45) is 2.13. The molecule has 2 rings (SSSR count). The molecule has 1 aromatic carbocycles. The Morgan fingerprint density at radius 1 is 1.28 bits per heavy atom. The highest BCUT2D eigenvalue weighted by Crippen LogP contribution is 2.30. The first-order valence-corrected chi connectivity index (χ1v) is 6.33. The van der Waals surface area contributed by atoms with Crippen LogP contribution in [0.15, 0.2) is 24.3 Å². The number of hydrogen-bond donors (Lipinski definition) is 1. The largest absolute Gasteiger partial charge is 0.399 e. The lowest BCUT2D eigenvalue weighted by atomic mass is 9.97. The maximum atomic E-state index is 12.2. The third-order valence-electron chi connectivity index (χ3n) is 3.32. The van der Waals surface area contributed by atoms with Gasteiger partial charge in [0.1, 0.15) is 0 Å². The zero-order valence-electron chi connectivity index (χ0n) is 10.6. The topological polar surface area (TPSA) is 63.4 Å². The van der Waals surface area contributed by atoms with Crippen LogP contribution in [-0.2, 0) is 9.59 Å². The first-order chi connectivity index (χ1) is 8.63. The minimum atomic E-state index is -0.324. The lowest BCUT2D eigenvalue weighted by molar-refractivity contribution is -0.138. The molecular formula is C14H18N2O2. The molecule has 2 N–H and O–H groups in total. The second-order valence-electron chi connectivity index (χ2n) is 4.66. The third-order valence-corrected chi connectivity index (χ3v) is 3.32. The van der Waals surface area contributed by atoms with Gasteiger partial charge in [-0.25, -0.2) is 0 Å². The monoisotopic (exact) mass is 246 g/mol. The van der Waals surface area contributed by atoms with Crippen molar-refractivity contribution in [3.05, 3.63) is 29.8 Å². The van der Waals surface area contributed by atoms with Crippen LogP contribution in [0.3, 0.4) is 0 Å². The van der Waals surface area contributed by atoms with Crippen LogP contribution in [0, 0.1) is 0 Å². The molecule has 0 radical (unpaired) electrons. The molecule has 0 bridgehead atoms. The summed E-state index contributed by atoms with van der Waals surface area (Å²) in [6, 6.07) is 7.19. The number of amides is 2. The standard InChI is InChI=1S/C14H18N2O2/c1-2-3-8-16-13(17)9-12(14(16)18)10-4-6-11(15)7-5-10/h4-7,12H,2-3,8-9,15H2,1H3. The minimum Gasteiger partial charge on any atom is -0.399 e. The summed E-state index contributed by atoms with van der Waals surface area (Å²) < 4.78 is 0. The number of anilines is 1. The van der Waals surface area contributed by atoms with Crippen LogP contribution >= 0.6 is 0 Å². The Morgan fingerprint density at radius 2 is 1.94 bits per heavy atom. The molecule has 18 heavy (non-hydrogen) atoms. The highest BCUT2D eigenvalue weighted by Gasteiger charge is 2.38. The number of unbranched alkanes of at least 4 members (excludes halogenated alkanes) is 1. The van der Waals surface area contributed by atoms with Crippen LogP contribution in [0.5, 0.6) is 0 Å². The van der Waals surface area contributed by atoms with Crippen molar-refractivity contribution in [3.63, 3.8) is 0 Å². The van der Waals surface area contributed by atoms with Crippen LogP contribution in [0.2, 0.25) is 0 Å². The Morgan fingerprint density at radius 3 is 2.56 bits per heavy atom. The van der Waals surface area contributed by atoms with Crippen molar-refractivity contribution in [2.24, 2.45) is 0 Å². The zero-order valence-corrected chi connectivity index (χ0v) is 10.6. The van der Waals surface area contributed by atoms with Crippen molar-refractivity contribution in [1.82, 2.24) is 4.90 Å². The summed E-state index contributed by atoms with van der Waals surface area (Å²) in [5.41, 5.74) is 7.16. The van der Waals surface area contributed by atoms with Gasteiger partial charge in [0.05, 0.1) is 5.92 Å². The summed E-state index contributed by atoms with van der Waals surface area (Å²) in [5, 5.41) is 0. The molecule has 0 saturated carbocycles. The maximum Gasteiger partial charge on any atom is 0.237 e. The number of benzene rings is 1. The predicted octanol–water partition coefficient (Wildman–Crippen LogP) is 1.91. The first-order valence-electron chi connectivity index (χ1n) is 6.33. The van der Waals surface area contributed by atoms with Crippen molar-refractivity contribution in [2.45, 2.75) is 32.1 Å². The molecule has 1 aliphatic rings. The van der Waals surface area contributed by atoms with E-state index < -0.39 is 0 Å². The van der Waals surface area contributed by atoms with Gasteiger partial charge < -0.3 is 5.73 Å². The average Bonchev–Trinajstić information content (AvgIpc) is 2.64. The summed E-state index contributed by atoms with van der Waals surface area (Å²) >= 11 is 0. The third kappa shape index (κ3) is 2.37. The fourth-order valence-corrected chi connectivity index (χ4v) is 2.22. The van der Waals surface area contributed by atoms with Crippen molar-refractivity contribution in [3.8, 4) is 0 Å². The summed E-state index contributed by atoms with van der Waals surface area (Å²) in [5.74, 6) is -0.455. The van der Waals surface area contributed by atoms with Crippen LogP contribution in [0.25, 0.3) is 0 Å². The van der Waals surface area contributed by atoms with E-state index in [1.54, 1.807) is 12.1 Å². The van der Waals surface area contributed by atoms with Crippen molar-refractivity contribution in [1.29, 1.82) is 0 Å². The van der Waals surface area contributed by atoms with E-state index in [4.69, 9.17) is 5.73 Å². The molecular weight excluding hydrogens is 228 g/mol. The number of nitrogens with zero attached hydrogens (tertiary/aromatic N) is 1. The lowest BCUT2D eigenvalue weighted by Gasteiger charge is -2.14. The molecule has 1 heterocycles. The quantitative estimate of drug-likeness (QED) is 0.652. The van der Waals surface area contributed by atoms with Gasteiger partial charge >= 0.3 is 0 Å². The molecule has 1 aliphatic heterocycles. The molecule has 1 atom stereocenters. The average molecular weight is 246 g/mol. The van der Waals surface area contributed by atoms with Gasteiger partial charge in [0, 0.05) is 18.7 Å². The molecule has 1 fully saturated rings. The Kier molecular flexibility index (Phi) is 3.65. The molecule has 1 saturated heterocycles. The van der Waals surface area contributed by atoms with Crippen molar-refractivity contribution in [2.75, 3.05) is 12.3 Å². The van der Waals surface area contributed by atoms with Gasteiger partial charge in [-0.05, 0) is 24.1 Å². The molecule has 1 aromatic rings. The Bertz CT molecular complexity index is 453. The van der Waals surface area contributed by atoms with E-state index in [0.29, 0.717) is 12.2 Å². The maximum absolute atomic E-state index is 12.2. The van der Waals surface area contributed by atoms with Gasteiger partial charge in [-0.2, -0.15) is 0 Å². The Labute approximate surface area is 107 Å². The molecule has 1 unspecified atom stereocenters. The molecule has 0 spiro atoms. The number of carbonyl (C=O) groups excluding carboxylic acids is 2. The van der Waals surface area contributed by atoms with Gasteiger partial charge in [0.15, 0.2) is 0 Å². The second kappa shape index (κ2) is 5.21. The first kappa shape index (κ1) is 12.6. The number of nitrogens with two attached hydrogens (primary N) is 1. The highest BCUT2D eigenvalue weighted by atomic mass is 16.2. The number of imide groups is 1. The van der Waals surface area contributed by atoms with Gasteiger partial charge in [0.2, 0.25) is 11.8 Å². The predicted molar refractivity (Wildman–Crippen MR) is 69.8 cm³/mol. The van der Waals surface area contributed by atoms with Gasteiger partial charge in [-0.1, -0.05) is 25.5 Å². The number of rotatable bonds is 4. The van der Waals surface area contributed by atoms with E-state index in [1.807, 2.05) is 19.1 Å². The lowest BCUT2D eigenvalue weighted by Crippen LogP contribution is -2.31. The van der Waals surface area contributed by atoms with Gasteiger partial charge in [0.25, 0.3) is 0 Å². The SMILES string of the molecule is CCCCN1C(=O)CC(c2ccc(N)cc2)C1=O. The van der Waals surface area contributed by atoms with E-state index in [1.165, 1.54) is 4.90 Å². The molecule has 4 heteroatoms. The van der Waals surface area contributed by atoms with E-state index >= 15 is 0 Å². The van der Waals surface area contributed by atoms with Crippen molar-refractivity contribution >= 4 is 17.5 Å². The number of carbonyl (C=O) groups is 2. The zero-order chi connectivity index (χ0) is 13.1. The molecule has 2 amide bonds. The number of likely N-dealkylation sites (tertiary alicyclic amines) is 1. The van der Waals surface area contributed by atoms with Crippen LogP contribution in [0.1, 0.15) is 37.7 Å².